The number of aromatic nitrogens is 2. The van der Waals surface area contributed by atoms with Crippen molar-refractivity contribution in [3.05, 3.63) is 29.6 Å². The minimum Gasteiger partial charge on any atom is -0.478 e. The Balaban J connectivity index is 2.95. The number of aryl methyl sites for hydroxylation is 1. The van der Waals surface area contributed by atoms with Crippen LogP contribution >= 0.6 is 0 Å². The fourth-order valence-electron chi connectivity index (χ4n) is 1.09. The summed E-state index contributed by atoms with van der Waals surface area (Å²) >= 11 is 0. The number of rotatable bonds is 3. The highest BCUT2D eigenvalue weighted by atomic mass is 16.4. The molecule has 0 unspecified atom stereocenters. The minimum absolute atomic E-state index is 0.251. The average Bonchev–Trinajstić information content (AvgIpc) is 2.29. The van der Waals surface area contributed by atoms with E-state index in [4.69, 9.17) is 5.11 Å². The van der Waals surface area contributed by atoms with Crippen molar-refractivity contribution in [3.8, 4) is 0 Å². The smallest absolute Gasteiger partial charge is 0.339 e. The predicted octanol–water partition coefficient (Wildman–Crippen LogP) is 1.47. The van der Waals surface area contributed by atoms with Gasteiger partial charge in [-0.2, -0.15) is 5.10 Å². The molecule has 0 fully saturated rings. The third-order valence-corrected chi connectivity index (χ3v) is 1.61. The monoisotopic (exact) mass is 180 g/mol. The van der Waals surface area contributed by atoms with E-state index >= 15 is 0 Å². The van der Waals surface area contributed by atoms with Gasteiger partial charge in [-0.15, -0.1) is 0 Å². The number of aromatic carboxylic acids is 1. The van der Waals surface area contributed by atoms with Crippen molar-refractivity contribution in [2.24, 2.45) is 0 Å². The number of hydrogen-bond acceptors (Lipinski definition) is 2. The molecule has 1 N–H and O–H groups in total. The quantitative estimate of drug-likeness (QED) is 0.716. The Kier molecular flexibility index (Phi) is 2.51. The summed E-state index contributed by atoms with van der Waals surface area (Å²) in [4.78, 5) is 10.6. The number of nitrogens with zero attached hydrogens (tertiary/aromatic N) is 2. The lowest BCUT2D eigenvalue weighted by molar-refractivity contribution is 0.0696. The molecule has 1 heterocycles. The van der Waals surface area contributed by atoms with Gasteiger partial charge in [0.15, 0.2) is 0 Å². The molecule has 0 saturated carbocycles. The molecule has 1 aromatic rings. The van der Waals surface area contributed by atoms with Gasteiger partial charge in [0, 0.05) is 6.20 Å². The fraction of sp³-hybridized carbons (Fsp3) is 0.333. The first kappa shape index (κ1) is 9.51. The Labute approximate surface area is 76.5 Å². The molecular formula is C9H12N2O2. The standard InChI is InChI=1S/C9H12N2O2/c1-6(2)4-11-5-8(9(12)13)7(3)10-11/h5H,1,4H2,2-3H3,(H,12,13). The van der Waals surface area contributed by atoms with Gasteiger partial charge in [-0.3, -0.25) is 4.68 Å². The summed E-state index contributed by atoms with van der Waals surface area (Å²) < 4.78 is 1.58. The van der Waals surface area contributed by atoms with Gasteiger partial charge < -0.3 is 5.11 Å². The zero-order valence-corrected chi connectivity index (χ0v) is 7.74. The van der Waals surface area contributed by atoms with E-state index in [1.54, 1.807) is 11.6 Å². The lowest BCUT2D eigenvalue weighted by Crippen LogP contribution is -1.99. The van der Waals surface area contributed by atoms with Gasteiger partial charge in [-0.25, -0.2) is 4.79 Å². The summed E-state index contributed by atoms with van der Waals surface area (Å²) in [6.07, 6.45) is 1.52. The molecule has 0 aliphatic rings. The first-order chi connectivity index (χ1) is 6.00. The molecule has 0 aliphatic carbocycles. The molecule has 4 nitrogen and oxygen atoms in total. The second-order valence-corrected chi connectivity index (χ2v) is 3.09. The van der Waals surface area contributed by atoms with Crippen molar-refractivity contribution in [3.63, 3.8) is 0 Å². The van der Waals surface area contributed by atoms with Crippen LogP contribution in [0.1, 0.15) is 23.0 Å². The topological polar surface area (TPSA) is 55.1 Å². The van der Waals surface area contributed by atoms with Crippen molar-refractivity contribution in [1.29, 1.82) is 0 Å². The Morgan fingerprint density at radius 1 is 1.77 bits per heavy atom. The molecule has 13 heavy (non-hydrogen) atoms. The molecule has 1 rings (SSSR count). The van der Waals surface area contributed by atoms with Gasteiger partial charge in [0.2, 0.25) is 0 Å². The molecule has 0 amide bonds. The number of carboxylic acids is 1. The van der Waals surface area contributed by atoms with Crippen LogP contribution in [0.5, 0.6) is 0 Å². The Morgan fingerprint density at radius 2 is 2.38 bits per heavy atom. The molecule has 4 heteroatoms. The number of allylic oxidation sites excluding steroid dienone is 1. The maximum atomic E-state index is 10.6. The van der Waals surface area contributed by atoms with Crippen molar-refractivity contribution in [2.45, 2.75) is 20.4 Å². The van der Waals surface area contributed by atoms with Gasteiger partial charge in [0.1, 0.15) is 5.56 Å². The maximum absolute atomic E-state index is 10.6. The molecule has 0 aliphatic heterocycles. The maximum Gasteiger partial charge on any atom is 0.339 e. The summed E-state index contributed by atoms with van der Waals surface area (Å²) in [6.45, 7) is 7.84. The van der Waals surface area contributed by atoms with Gasteiger partial charge in [-0.05, 0) is 13.8 Å². The van der Waals surface area contributed by atoms with Gasteiger partial charge >= 0.3 is 5.97 Å². The van der Waals surface area contributed by atoms with E-state index in [1.807, 2.05) is 6.92 Å². The van der Waals surface area contributed by atoms with Crippen molar-refractivity contribution >= 4 is 5.97 Å². The largest absolute Gasteiger partial charge is 0.478 e. The summed E-state index contributed by atoms with van der Waals surface area (Å²) in [5.41, 5.74) is 1.73. The number of carboxylic acid groups (broad SMARTS) is 1. The lowest BCUT2D eigenvalue weighted by atomic mass is 10.3. The summed E-state index contributed by atoms with van der Waals surface area (Å²) in [6, 6.07) is 0. The molecule has 0 bridgehead atoms. The minimum atomic E-state index is -0.939. The second-order valence-electron chi connectivity index (χ2n) is 3.09. The van der Waals surface area contributed by atoms with Crippen molar-refractivity contribution in [2.75, 3.05) is 0 Å². The normalized spacial score (nSPS) is 10.0. The van der Waals surface area contributed by atoms with Gasteiger partial charge in [-0.1, -0.05) is 12.2 Å². The lowest BCUT2D eigenvalue weighted by Gasteiger charge is -1.97. The van der Waals surface area contributed by atoms with Crippen LogP contribution in [0.3, 0.4) is 0 Å². The first-order valence-electron chi connectivity index (χ1n) is 3.92. The van der Waals surface area contributed by atoms with Crippen LogP contribution in [0.2, 0.25) is 0 Å². The second kappa shape index (κ2) is 3.43. The summed E-state index contributed by atoms with van der Waals surface area (Å²) in [5.74, 6) is -0.939. The van der Waals surface area contributed by atoms with Crippen molar-refractivity contribution < 1.29 is 9.90 Å². The number of carbonyl (C=O) groups is 1. The predicted molar refractivity (Wildman–Crippen MR) is 48.7 cm³/mol. The van der Waals surface area contributed by atoms with Crippen LogP contribution in [0.25, 0.3) is 0 Å². The molecular weight excluding hydrogens is 168 g/mol. The Morgan fingerprint density at radius 3 is 2.77 bits per heavy atom. The van der Waals surface area contributed by atoms with Crippen LogP contribution in [-0.4, -0.2) is 20.9 Å². The summed E-state index contributed by atoms with van der Waals surface area (Å²) in [5, 5.41) is 12.8. The Hall–Kier alpha value is -1.58. The van der Waals surface area contributed by atoms with Crippen LogP contribution in [0.15, 0.2) is 18.3 Å². The highest BCUT2D eigenvalue weighted by Crippen LogP contribution is 2.06. The zero-order valence-electron chi connectivity index (χ0n) is 7.74. The van der Waals surface area contributed by atoms with Gasteiger partial charge in [0.25, 0.3) is 0 Å². The SMILES string of the molecule is C=C(C)Cn1cc(C(=O)O)c(C)n1. The van der Waals surface area contributed by atoms with Crippen LogP contribution in [-0.2, 0) is 6.54 Å². The molecule has 0 spiro atoms. The van der Waals surface area contributed by atoms with E-state index in [0.717, 1.165) is 5.57 Å². The van der Waals surface area contributed by atoms with E-state index < -0.39 is 5.97 Å². The van der Waals surface area contributed by atoms with Crippen LogP contribution < -0.4 is 0 Å². The van der Waals surface area contributed by atoms with Crippen molar-refractivity contribution in [1.82, 2.24) is 9.78 Å². The number of hydrogen-bond donors (Lipinski definition) is 1. The molecule has 0 atom stereocenters. The molecule has 0 aromatic carbocycles. The van der Waals surface area contributed by atoms with E-state index in [2.05, 4.69) is 11.7 Å². The van der Waals surface area contributed by atoms with Gasteiger partial charge in [0.05, 0.1) is 12.2 Å². The van der Waals surface area contributed by atoms with E-state index in [1.165, 1.54) is 6.20 Å². The first-order valence-corrected chi connectivity index (χ1v) is 3.92. The molecule has 0 saturated heterocycles. The third kappa shape index (κ3) is 2.18. The van der Waals surface area contributed by atoms with Crippen LogP contribution in [0.4, 0.5) is 0 Å². The van der Waals surface area contributed by atoms with E-state index in [-0.39, 0.29) is 5.56 Å². The van der Waals surface area contributed by atoms with E-state index in [0.29, 0.717) is 12.2 Å². The molecule has 1 aromatic heterocycles. The third-order valence-electron chi connectivity index (χ3n) is 1.61. The fourth-order valence-corrected chi connectivity index (χ4v) is 1.09. The highest BCUT2D eigenvalue weighted by Gasteiger charge is 2.10. The molecule has 0 radical (unpaired) electrons. The van der Waals surface area contributed by atoms with E-state index in [9.17, 15) is 4.79 Å². The Bertz CT molecular complexity index is 352. The van der Waals surface area contributed by atoms with Crippen LogP contribution in [0, 0.1) is 6.92 Å². The average molecular weight is 180 g/mol. The molecule has 70 valence electrons. The highest BCUT2D eigenvalue weighted by molar-refractivity contribution is 5.88. The zero-order chi connectivity index (χ0) is 10.0. The summed E-state index contributed by atoms with van der Waals surface area (Å²) in [7, 11) is 0.